The molecule has 0 bridgehead atoms. The van der Waals surface area contributed by atoms with E-state index in [1.807, 2.05) is 0 Å². The fraction of sp³-hybridized carbons (Fsp3) is 0.444. The van der Waals surface area contributed by atoms with Crippen LogP contribution in [-0.2, 0) is 17.8 Å². The maximum atomic E-state index is 13.5. The molecule has 3 heterocycles. The van der Waals surface area contributed by atoms with E-state index in [1.165, 1.54) is 6.07 Å². The van der Waals surface area contributed by atoms with Crippen LogP contribution in [0.1, 0.15) is 31.1 Å². The summed E-state index contributed by atoms with van der Waals surface area (Å²) in [7, 11) is 0. The van der Waals surface area contributed by atoms with Crippen LogP contribution in [0.2, 0.25) is 0 Å². The van der Waals surface area contributed by atoms with Crippen LogP contribution in [0.15, 0.2) is 27.9 Å². The molecule has 2 aromatic rings. The quantitative estimate of drug-likeness (QED) is 0.849. The summed E-state index contributed by atoms with van der Waals surface area (Å²) in [6.45, 7) is 4.34. The van der Waals surface area contributed by atoms with E-state index in [2.05, 4.69) is 22.1 Å². The van der Waals surface area contributed by atoms with Crippen LogP contribution < -0.4 is 0 Å². The van der Waals surface area contributed by atoms with Crippen molar-refractivity contribution in [1.82, 2.24) is 10.1 Å². The van der Waals surface area contributed by atoms with Crippen molar-refractivity contribution in [2.24, 2.45) is 5.16 Å². The third kappa shape index (κ3) is 3.16. The molecule has 7 heteroatoms. The zero-order chi connectivity index (χ0) is 17.4. The van der Waals surface area contributed by atoms with Crippen LogP contribution >= 0.6 is 0 Å². The molecule has 0 amide bonds. The Labute approximate surface area is 144 Å². The van der Waals surface area contributed by atoms with Crippen molar-refractivity contribution in [1.29, 1.82) is 0 Å². The lowest BCUT2D eigenvalue weighted by molar-refractivity contribution is 0.0479. The van der Waals surface area contributed by atoms with Crippen LogP contribution in [0.5, 0.6) is 0 Å². The molecule has 0 saturated heterocycles. The second-order valence-electron chi connectivity index (χ2n) is 6.49. The maximum absolute atomic E-state index is 13.5. The van der Waals surface area contributed by atoms with E-state index in [4.69, 9.17) is 9.36 Å². The average molecular weight is 347 g/mol. The van der Waals surface area contributed by atoms with E-state index in [9.17, 15) is 8.78 Å². The highest BCUT2D eigenvalue weighted by atomic mass is 19.2. The average Bonchev–Trinajstić information content (AvgIpc) is 3.24. The number of benzene rings is 1. The molecule has 2 aliphatic heterocycles. The van der Waals surface area contributed by atoms with Crippen LogP contribution in [0.25, 0.3) is 11.3 Å². The number of fused-ring (bicyclic) bond motifs is 1. The molecule has 2 aliphatic rings. The lowest BCUT2D eigenvalue weighted by Gasteiger charge is -2.27. The highest BCUT2D eigenvalue weighted by molar-refractivity contribution is 5.85. The van der Waals surface area contributed by atoms with Gasteiger partial charge < -0.3 is 9.36 Å². The van der Waals surface area contributed by atoms with Gasteiger partial charge >= 0.3 is 0 Å². The largest absolute Gasteiger partial charge is 0.391 e. The van der Waals surface area contributed by atoms with Crippen LogP contribution in [0, 0.1) is 11.6 Å². The minimum absolute atomic E-state index is 0.0723. The van der Waals surface area contributed by atoms with Crippen molar-refractivity contribution in [3.8, 4) is 11.3 Å². The van der Waals surface area contributed by atoms with Crippen molar-refractivity contribution in [3.05, 3.63) is 41.2 Å². The lowest BCUT2D eigenvalue weighted by Crippen LogP contribution is -2.36. The summed E-state index contributed by atoms with van der Waals surface area (Å²) in [4.78, 5) is 7.75. The van der Waals surface area contributed by atoms with E-state index in [0.717, 1.165) is 61.5 Å². The van der Waals surface area contributed by atoms with E-state index in [1.54, 1.807) is 0 Å². The molecule has 1 aromatic heterocycles. The molecule has 0 unspecified atom stereocenters. The molecule has 1 atom stereocenters. The molecule has 0 fully saturated rings. The normalized spacial score (nSPS) is 20.3. The molecule has 0 saturated carbocycles. The lowest BCUT2D eigenvalue weighted by atomic mass is 10.0. The van der Waals surface area contributed by atoms with Gasteiger partial charge in [-0.25, -0.2) is 8.78 Å². The second-order valence-corrected chi connectivity index (χ2v) is 6.49. The van der Waals surface area contributed by atoms with Crippen LogP contribution in [-0.4, -0.2) is 35.0 Å². The molecule has 0 N–H and O–H groups in total. The van der Waals surface area contributed by atoms with Gasteiger partial charge in [-0.15, -0.1) is 0 Å². The summed E-state index contributed by atoms with van der Waals surface area (Å²) < 4.78 is 32.1. The molecule has 0 spiro atoms. The first-order valence-electron chi connectivity index (χ1n) is 8.50. The molecule has 1 aromatic carbocycles. The topological polar surface area (TPSA) is 50.9 Å². The summed E-state index contributed by atoms with van der Waals surface area (Å²) >= 11 is 0. The molecule has 25 heavy (non-hydrogen) atoms. The van der Waals surface area contributed by atoms with Crippen molar-refractivity contribution in [2.75, 3.05) is 13.1 Å². The standard InChI is InChI=1S/C18H19F2N3O2/c1-2-12-8-13(24-21-12)9-23-6-5-17-14(10-23)18(22-25-17)11-3-4-15(19)16(20)7-11/h3-4,7,13H,2,5-6,8-10H2,1H3/t13-/m0/s1. The zero-order valence-electron chi connectivity index (χ0n) is 14.0. The van der Waals surface area contributed by atoms with Gasteiger partial charge in [0.1, 0.15) is 17.6 Å². The summed E-state index contributed by atoms with van der Waals surface area (Å²) in [6, 6.07) is 3.80. The maximum Gasteiger partial charge on any atom is 0.159 e. The van der Waals surface area contributed by atoms with Gasteiger partial charge in [0, 0.05) is 43.6 Å². The summed E-state index contributed by atoms with van der Waals surface area (Å²) in [6.07, 6.45) is 2.58. The number of hydrogen-bond donors (Lipinski definition) is 0. The van der Waals surface area contributed by atoms with Gasteiger partial charge in [0.25, 0.3) is 0 Å². The van der Waals surface area contributed by atoms with Gasteiger partial charge in [-0.1, -0.05) is 17.2 Å². The summed E-state index contributed by atoms with van der Waals surface area (Å²) in [5.74, 6) is -0.938. The minimum atomic E-state index is -0.884. The number of oxime groups is 1. The molecular formula is C18H19F2N3O2. The molecular weight excluding hydrogens is 328 g/mol. The highest BCUT2D eigenvalue weighted by Crippen LogP contribution is 2.31. The van der Waals surface area contributed by atoms with Crippen molar-refractivity contribution in [3.63, 3.8) is 0 Å². The fourth-order valence-corrected chi connectivity index (χ4v) is 3.37. The Morgan fingerprint density at radius 2 is 2.16 bits per heavy atom. The first kappa shape index (κ1) is 16.2. The Morgan fingerprint density at radius 1 is 1.28 bits per heavy atom. The number of aromatic nitrogens is 1. The smallest absolute Gasteiger partial charge is 0.159 e. The van der Waals surface area contributed by atoms with Crippen LogP contribution in [0.4, 0.5) is 8.78 Å². The van der Waals surface area contributed by atoms with Crippen molar-refractivity contribution in [2.45, 2.75) is 38.8 Å². The first-order chi connectivity index (χ1) is 12.1. The Kier molecular flexibility index (Phi) is 4.25. The monoisotopic (exact) mass is 347 g/mol. The first-order valence-corrected chi connectivity index (χ1v) is 8.50. The third-order valence-electron chi connectivity index (χ3n) is 4.76. The van der Waals surface area contributed by atoms with Gasteiger partial charge in [0.15, 0.2) is 11.6 Å². The van der Waals surface area contributed by atoms with Crippen molar-refractivity contribution < 1.29 is 18.1 Å². The van der Waals surface area contributed by atoms with E-state index >= 15 is 0 Å². The predicted octanol–water partition coefficient (Wildman–Crippen LogP) is 3.53. The number of hydrogen-bond acceptors (Lipinski definition) is 5. The van der Waals surface area contributed by atoms with Gasteiger partial charge in [0.05, 0.1) is 5.71 Å². The van der Waals surface area contributed by atoms with Gasteiger partial charge in [0.2, 0.25) is 0 Å². The van der Waals surface area contributed by atoms with Crippen molar-refractivity contribution >= 4 is 5.71 Å². The SMILES string of the molecule is CCC1=NO[C@H](CN2CCc3onc(-c4ccc(F)c(F)c4)c3C2)C1. The number of halogens is 2. The Bertz CT molecular complexity index is 819. The zero-order valence-corrected chi connectivity index (χ0v) is 14.0. The fourth-order valence-electron chi connectivity index (χ4n) is 3.37. The Balaban J connectivity index is 1.51. The molecule has 132 valence electrons. The minimum Gasteiger partial charge on any atom is -0.391 e. The molecule has 0 aliphatic carbocycles. The van der Waals surface area contributed by atoms with E-state index in [0.29, 0.717) is 17.8 Å². The Morgan fingerprint density at radius 3 is 2.92 bits per heavy atom. The predicted molar refractivity (Wildman–Crippen MR) is 88.1 cm³/mol. The second kappa shape index (κ2) is 6.55. The van der Waals surface area contributed by atoms with E-state index in [-0.39, 0.29) is 6.10 Å². The summed E-state index contributed by atoms with van der Waals surface area (Å²) in [5, 5.41) is 8.19. The van der Waals surface area contributed by atoms with Crippen LogP contribution in [0.3, 0.4) is 0 Å². The molecule has 0 radical (unpaired) electrons. The Hall–Kier alpha value is -2.28. The van der Waals surface area contributed by atoms with Gasteiger partial charge in [-0.3, -0.25) is 4.90 Å². The molecule has 4 rings (SSSR count). The van der Waals surface area contributed by atoms with E-state index < -0.39 is 11.6 Å². The van der Waals surface area contributed by atoms with Gasteiger partial charge in [-0.05, 0) is 24.6 Å². The number of rotatable bonds is 4. The highest BCUT2D eigenvalue weighted by Gasteiger charge is 2.29. The molecule has 5 nitrogen and oxygen atoms in total. The van der Waals surface area contributed by atoms with Gasteiger partial charge in [-0.2, -0.15) is 0 Å². The third-order valence-corrected chi connectivity index (χ3v) is 4.76. The summed E-state index contributed by atoms with van der Waals surface area (Å²) in [5.41, 5.74) is 3.14. The number of nitrogens with zero attached hydrogens (tertiary/aromatic N) is 3.